The predicted molar refractivity (Wildman–Crippen MR) is 85.0 cm³/mol. The molecule has 1 saturated heterocycles. The second-order valence-corrected chi connectivity index (χ2v) is 6.03. The van der Waals surface area contributed by atoms with Crippen LogP contribution in [0.3, 0.4) is 0 Å². The molecule has 0 aliphatic carbocycles. The Morgan fingerprint density at radius 3 is 2.41 bits per heavy atom. The molecule has 0 N–H and O–H groups in total. The van der Waals surface area contributed by atoms with Crippen LogP contribution >= 0.6 is 0 Å². The first-order valence-corrected chi connectivity index (χ1v) is 7.95. The monoisotopic (exact) mass is 304 g/mol. The predicted octanol–water partition coefficient (Wildman–Crippen LogP) is 1.62. The van der Waals surface area contributed by atoms with Crippen LogP contribution in [0.2, 0.25) is 0 Å². The van der Waals surface area contributed by atoms with Crippen LogP contribution < -0.4 is 4.90 Å². The van der Waals surface area contributed by atoms with E-state index >= 15 is 0 Å². The van der Waals surface area contributed by atoms with Gasteiger partial charge in [-0.05, 0) is 32.5 Å². The Bertz CT molecular complexity index is 549. The zero-order valence-electron chi connectivity index (χ0n) is 13.5. The van der Waals surface area contributed by atoms with Crippen molar-refractivity contribution < 1.29 is 14.3 Å². The van der Waals surface area contributed by atoms with Gasteiger partial charge in [0.25, 0.3) is 0 Å². The lowest BCUT2D eigenvalue weighted by molar-refractivity contribution is -0.139. The zero-order valence-corrected chi connectivity index (χ0v) is 13.5. The number of likely N-dealkylation sites (tertiary alicyclic amines) is 1. The van der Waals surface area contributed by atoms with Crippen LogP contribution in [0.5, 0.6) is 0 Å². The minimum absolute atomic E-state index is 0.177. The average Bonchev–Trinajstić information content (AvgIpc) is 2.71. The van der Waals surface area contributed by atoms with E-state index < -0.39 is 0 Å². The third-order valence-electron chi connectivity index (χ3n) is 4.48. The molecule has 120 valence electrons. The van der Waals surface area contributed by atoms with Gasteiger partial charge in [0.15, 0.2) is 6.29 Å². The molecule has 1 spiro atoms. The standard InChI is InChI=1S/C17H24N2O3/c1-4-21-15(22-5-2)10-19-14-9-7-6-8-13(14)17(16(19)20)11-18(3)12-17/h6-9,15H,4-5,10-12H2,1-3H3. The first-order chi connectivity index (χ1) is 10.6. The first-order valence-electron chi connectivity index (χ1n) is 7.95. The molecule has 0 aromatic heterocycles. The van der Waals surface area contributed by atoms with Gasteiger partial charge >= 0.3 is 0 Å². The van der Waals surface area contributed by atoms with Gasteiger partial charge in [-0.3, -0.25) is 4.79 Å². The van der Waals surface area contributed by atoms with Crippen LogP contribution in [0.4, 0.5) is 5.69 Å². The van der Waals surface area contributed by atoms with Crippen molar-refractivity contribution in [2.75, 3.05) is 44.8 Å². The molecule has 1 aromatic carbocycles. The summed E-state index contributed by atoms with van der Waals surface area (Å²) >= 11 is 0. The molecule has 3 rings (SSSR count). The van der Waals surface area contributed by atoms with Crippen molar-refractivity contribution in [3.05, 3.63) is 29.8 Å². The number of hydrogen-bond donors (Lipinski definition) is 0. The molecule has 0 unspecified atom stereocenters. The summed E-state index contributed by atoms with van der Waals surface area (Å²) in [5, 5.41) is 0. The van der Waals surface area contributed by atoms with Crippen LogP contribution in [0.25, 0.3) is 0 Å². The number of fused-ring (bicyclic) bond motifs is 2. The second-order valence-electron chi connectivity index (χ2n) is 6.03. The lowest BCUT2D eigenvalue weighted by Crippen LogP contribution is -2.62. The van der Waals surface area contributed by atoms with E-state index in [1.807, 2.05) is 44.0 Å². The van der Waals surface area contributed by atoms with Gasteiger partial charge in [-0.15, -0.1) is 0 Å². The summed E-state index contributed by atoms with van der Waals surface area (Å²) in [5.41, 5.74) is 1.78. The van der Waals surface area contributed by atoms with Crippen molar-refractivity contribution in [2.45, 2.75) is 25.6 Å². The molecule has 0 saturated carbocycles. The fraction of sp³-hybridized carbons (Fsp3) is 0.588. The summed E-state index contributed by atoms with van der Waals surface area (Å²) in [6, 6.07) is 8.10. The molecule has 5 nitrogen and oxygen atoms in total. The van der Waals surface area contributed by atoms with Gasteiger partial charge in [0.05, 0.1) is 6.54 Å². The molecule has 5 heteroatoms. The quantitative estimate of drug-likeness (QED) is 0.749. The van der Waals surface area contributed by atoms with Crippen LogP contribution in [0.15, 0.2) is 24.3 Å². The molecule has 2 heterocycles. The number of nitrogens with zero attached hydrogens (tertiary/aromatic N) is 2. The van der Waals surface area contributed by atoms with E-state index in [1.54, 1.807) is 0 Å². The highest BCUT2D eigenvalue weighted by Gasteiger charge is 2.57. The van der Waals surface area contributed by atoms with E-state index in [-0.39, 0.29) is 17.6 Å². The summed E-state index contributed by atoms with van der Waals surface area (Å²) in [6.07, 6.45) is -0.375. The maximum absolute atomic E-state index is 13.0. The summed E-state index contributed by atoms with van der Waals surface area (Å²) in [4.78, 5) is 17.1. The summed E-state index contributed by atoms with van der Waals surface area (Å²) in [5.74, 6) is 0.177. The SMILES string of the molecule is CCOC(CN1C(=O)C2(CN(C)C2)c2ccccc21)OCC. The molecular weight excluding hydrogens is 280 g/mol. The Kier molecular flexibility index (Phi) is 4.21. The highest BCUT2D eigenvalue weighted by molar-refractivity contribution is 6.09. The Morgan fingerprint density at radius 2 is 1.82 bits per heavy atom. The molecule has 2 aliphatic heterocycles. The van der Waals surface area contributed by atoms with Gasteiger partial charge in [0.1, 0.15) is 5.41 Å². The molecule has 1 aromatic rings. The zero-order chi connectivity index (χ0) is 15.7. The van der Waals surface area contributed by atoms with Crippen molar-refractivity contribution in [2.24, 2.45) is 0 Å². The number of likely N-dealkylation sites (N-methyl/N-ethyl adjacent to an activating group) is 1. The minimum atomic E-state index is -0.375. The van der Waals surface area contributed by atoms with E-state index in [1.165, 1.54) is 0 Å². The fourth-order valence-corrected chi connectivity index (χ4v) is 3.63. The Balaban J connectivity index is 1.87. The van der Waals surface area contributed by atoms with Gasteiger partial charge in [-0.2, -0.15) is 0 Å². The number of carbonyl (C=O) groups excluding carboxylic acids is 1. The molecule has 1 fully saturated rings. The van der Waals surface area contributed by atoms with Crippen LogP contribution in [0.1, 0.15) is 19.4 Å². The molecule has 0 radical (unpaired) electrons. The Morgan fingerprint density at radius 1 is 1.18 bits per heavy atom. The third-order valence-corrected chi connectivity index (χ3v) is 4.48. The van der Waals surface area contributed by atoms with E-state index in [0.29, 0.717) is 19.8 Å². The molecule has 0 atom stereocenters. The second kappa shape index (κ2) is 5.99. The summed E-state index contributed by atoms with van der Waals surface area (Å²) < 4.78 is 11.2. The number of anilines is 1. The largest absolute Gasteiger partial charge is 0.351 e. The van der Waals surface area contributed by atoms with Gasteiger partial charge in [-0.25, -0.2) is 0 Å². The first kappa shape index (κ1) is 15.5. The number of benzene rings is 1. The Labute approximate surface area is 131 Å². The van der Waals surface area contributed by atoms with Crippen LogP contribution in [-0.2, 0) is 19.7 Å². The molecule has 0 bridgehead atoms. The summed E-state index contributed by atoms with van der Waals surface area (Å²) in [6.45, 7) is 7.04. The molecule has 2 aliphatic rings. The van der Waals surface area contributed by atoms with E-state index in [4.69, 9.17) is 9.47 Å². The maximum atomic E-state index is 13.0. The number of amides is 1. The molecule has 22 heavy (non-hydrogen) atoms. The molecule has 1 amide bonds. The van der Waals surface area contributed by atoms with Crippen molar-refractivity contribution >= 4 is 11.6 Å². The number of hydrogen-bond acceptors (Lipinski definition) is 4. The van der Waals surface area contributed by atoms with E-state index in [0.717, 1.165) is 24.3 Å². The van der Waals surface area contributed by atoms with Gasteiger partial charge in [0.2, 0.25) is 5.91 Å². The normalized spacial score (nSPS) is 19.8. The maximum Gasteiger partial charge on any atom is 0.240 e. The van der Waals surface area contributed by atoms with Crippen molar-refractivity contribution in [1.29, 1.82) is 0 Å². The summed E-state index contributed by atoms with van der Waals surface area (Å²) in [7, 11) is 2.05. The van der Waals surface area contributed by atoms with Crippen LogP contribution in [0, 0.1) is 0 Å². The number of para-hydroxylation sites is 1. The van der Waals surface area contributed by atoms with Gasteiger partial charge < -0.3 is 19.3 Å². The Hall–Kier alpha value is -1.43. The minimum Gasteiger partial charge on any atom is -0.351 e. The van der Waals surface area contributed by atoms with Crippen molar-refractivity contribution in [1.82, 2.24) is 4.90 Å². The third kappa shape index (κ3) is 2.33. The average molecular weight is 304 g/mol. The van der Waals surface area contributed by atoms with E-state index in [2.05, 4.69) is 11.0 Å². The molecular formula is C17H24N2O3. The van der Waals surface area contributed by atoms with Crippen molar-refractivity contribution in [3.63, 3.8) is 0 Å². The lowest BCUT2D eigenvalue weighted by Gasteiger charge is -2.45. The number of ether oxygens (including phenoxy) is 2. The van der Waals surface area contributed by atoms with Gasteiger partial charge in [-0.1, -0.05) is 18.2 Å². The highest BCUT2D eigenvalue weighted by Crippen LogP contribution is 2.46. The number of rotatable bonds is 6. The van der Waals surface area contributed by atoms with E-state index in [9.17, 15) is 4.79 Å². The number of carbonyl (C=O) groups is 1. The topological polar surface area (TPSA) is 42.0 Å². The smallest absolute Gasteiger partial charge is 0.240 e. The van der Waals surface area contributed by atoms with Gasteiger partial charge in [0, 0.05) is 32.0 Å². The van der Waals surface area contributed by atoms with Crippen molar-refractivity contribution in [3.8, 4) is 0 Å². The fourth-order valence-electron chi connectivity index (χ4n) is 3.63. The highest BCUT2D eigenvalue weighted by atomic mass is 16.7. The van der Waals surface area contributed by atoms with Crippen LogP contribution in [-0.4, -0.2) is 57.0 Å². The lowest BCUT2D eigenvalue weighted by atomic mass is 9.75.